The first kappa shape index (κ1) is 32.5. The molecular weight excluding hydrogens is 604 g/mol. The molecule has 9 nitrogen and oxygen atoms in total. The molecule has 0 radical (unpaired) electrons. The van der Waals surface area contributed by atoms with Crippen molar-refractivity contribution in [3.05, 3.63) is 70.8 Å². The summed E-state index contributed by atoms with van der Waals surface area (Å²) < 4.78 is 59.1. The van der Waals surface area contributed by atoms with Gasteiger partial charge in [0.05, 0.1) is 40.4 Å². The molecule has 3 heterocycles. The van der Waals surface area contributed by atoms with Gasteiger partial charge in [0.1, 0.15) is 5.75 Å². The number of sulfonamides is 1. The minimum atomic E-state index is -3.83. The van der Waals surface area contributed by atoms with Crippen LogP contribution in [0.1, 0.15) is 48.1 Å². The first-order chi connectivity index (χ1) is 22.3. The number of benzene rings is 3. The number of piperidine rings is 1. The Morgan fingerprint density at radius 3 is 1.93 bits per heavy atom. The summed E-state index contributed by atoms with van der Waals surface area (Å²) in [7, 11) is 4.38. The van der Waals surface area contributed by atoms with E-state index in [2.05, 4.69) is 24.0 Å². The normalized spacial score (nSPS) is 23.3. The number of ether oxygens (including phenoxy) is 5. The molecule has 1 saturated heterocycles. The lowest BCUT2D eigenvalue weighted by Crippen LogP contribution is -2.54. The van der Waals surface area contributed by atoms with Gasteiger partial charge in [0.2, 0.25) is 10.0 Å². The molecular formula is C36H46N2O7S. The third-order valence-corrected chi connectivity index (χ3v) is 12.4. The lowest BCUT2D eigenvalue weighted by atomic mass is 9.71. The van der Waals surface area contributed by atoms with E-state index >= 15 is 0 Å². The Kier molecular flexibility index (Phi) is 9.41. The quantitative estimate of drug-likeness (QED) is 0.299. The smallest absolute Gasteiger partial charge is 0.243 e. The fraction of sp³-hybridized carbons (Fsp3) is 0.500. The molecule has 4 atom stereocenters. The van der Waals surface area contributed by atoms with Crippen molar-refractivity contribution in [1.29, 1.82) is 0 Å². The predicted molar refractivity (Wildman–Crippen MR) is 177 cm³/mol. The van der Waals surface area contributed by atoms with Crippen molar-refractivity contribution >= 4 is 10.0 Å². The van der Waals surface area contributed by atoms with Crippen molar-refractivity contribution in [3.8, 4) is 28.7 Å². The Hall–Kier alpha value is -3.47. The zero-order valence-corrected chi connectivity index (χ0v) is 28.6. The molecule has 3 aliphatic rings. The van der Waals surface area contributed by atoms with Crippen LogP contribution in [0.4, 0.5) is 0 Å². The van der Waals surface area contributed by atoms with E-state index in [1.54, 1.807) is 64.1 Å². The monoisotopic (exact) mass is 650 g/mol. The summed E-state index contributed by atoms with van der Waals surface area (Å²) >= 11 is 0. The molecule has 6 rings (SSSR count). The zero-order valence-electron chi connectivity index (χ0n) is 27.7. The Bertz CT molecular complexity index is 1660. The molecule has 46 heavy (non-hydrogen) atoms. The van der Waals surface area contributed by atoms with Gasteiger partial charge >= 0.3 is 0 Å². The second-order valence-corrected chi connectivity index (χ2v) is 14.4. The molecule has 0 bridgehead atoms. The fourth-order valence-electron chi connectivity index (χ4n) is 8.02. The van der Waals surface area contributed by atoms with Crippen LogP contribution in [0.25, 0.3) is 0 Å². The van der Waals surface area contributed by atoms with E-state index in [-0.39, 0.29) is 22.9 Å². The van der Waals surface area contributed by atoms with Gasteiger partial charge in [-0.2, -0.15) is 4.31 Å². The fourth-order valence-corrected chi connectivity index (χ4v) is 9.69. The van der Waals surface area contributed by atoms with Gasteiger partial charge in [0.25, 0.3) is 0 Å². The van der Waals surface area contributed by atoms with Crippen LogP contribution in [-0.4, -0.2) is 78.8 Å². The van der Waals surface area contributed by atoms with Crippen LogP contribution in [0.5, 0.6) is 28.7 Å². The summed E-state index contributed by atoms with van der Waals surface area (Å²) in [6.45, 7) is 4.51. The minimum absolute atomic E-state index is 0.123. The SMILES string of the molecule is CCC1CN2CCc3cc(OC)c(OC)cc3C2CC1C1Cc2cc(OC)c(OC)cc2CCN1S(=O)(=O)c1ccc(OC)cc1. The summed E-state index contributed by atoms with van der Waals surface area (Å²) in [5.41, 5.74) is 4.75. The predicted octanol–water partition coefficient (Wildman–Crippen LogP) is 5.53. The molecule has 3 aromatic carbocycles. The topological polar surface area (TPSA) is 86.8 Å². The summed E-state index contributed by atoms with van der Waals surface area (Å²) in [5.74, 6) is 3.87. The molecule has 0 N–H and O–H groups in total. The van der Waals surface area contributed by atoms with E-state index < -0.39 is 10.0 Å². The van der Waals surface area contributed by atoms with Crippen molar-refractivity contribution in [2.75, 3.05) is 55.2 Å². The third-order valence-electron chi connectivity index (χ3n) is 10.5. The Morgan fingerprint density at radius 1 is 0.739 bits per heavy atom. The summed E-state index contributed by atoms with van der Waals surface area (Å²) in [5, 5.41) is 0. The standard InChI is InChI=1S/C36H46N2O7S/c1-7-23-22-37-14-12-25-18-34(43-4)36(45-6)21-30(25)31(37)20-29(23)32-16-26-19-35(44-5)33(42-3)17-24(26)13-15-38(32)46(39,40)28-10-8-27(41-2)9-11-28/h8-11,17-19,21,23,29,31-32H,7,12-16,20,22H2,1-6H3. The van der Waals surface area contributed by atoms with Gasteiger partial charge in [0.15, 0.2) is 23.0 Å². The molecule has 248 valence electrons. The van der Waals surface area contributed by atoms with Gasteiger partial charge in [-0.05, 0) is 108 Å². The first-order valence-corrected chi connectivity index (χ1v) is 17.6. The van der Waals surface area contributed by atoms with Gasteiger partial charge in [-0.1, -0.05) is 13.3 Å². The largest absolute Gasteiger partial charge is 0.497 e. The number of fused-ring (bicyclic) bond motifs is 4. The van der Waals surface area contributed by atoms with Crippen molar-refractivity contribution in [1.82, 2.24) is 9.21 Å². The molecule has 10 heteroatoms. The third kappa shape index (κ3) is 5.80. The van der Waals surface area contributed by atoms with Gasteiger partial charge in [0, 0.05) is 31.7 Å². The van der Waals surface area contributed by atoms with Crippen LogP contribution in [0.15, 0.2) is 53.4 Å². The van der Waals surface area contributed by atoms with E-state index in [9.17, 15) is 8.42 Å². The maximum absolute atomic E-state index is 14.6. The highest BCUT2D eigenvalue weighted by molar-refractivity contribution is 7.89. The van der Waals surface area contributed by atoms with Crippen molar-refractivity contribution in [2.45, 2.75) is 56.0 Å². The molecule has 0 amide bonds. The average Bonchev–Trinajstić information content (AvgIpc) is 3.29. The molecule has 3 aliphatic heterocycles. The number of nitrogens with zero attached hydrogens (tertiary/aromatic N) is 2. The van der Waals surface area contributed by atoms with Crippen LogP contribution in [0.3, 0.4) is 0 Å². The second kappa shape index (κ2) is 13.3. The number of rotatable bonds is 9. The van der Waals surface area contributed by atoms with Gasteiger partial charge in [-0.15, -0.1) is 0 Å². The van der Waals surface area contributed by atoms with Crippen LogP contribution in [-0.2, 0) is 29.3 Å². The maximum atomic E-state index is 14.6. The lowest BCUT2D eigenvalue weighted by molar-refractivity contribution is 0.0214. The van der Waals surface area contributed by atoms with Crippen LogP contribution in [0.2, 0.25) is 0 Å². The minimum Gasteiger partial charge on any atom is -0.497 e. The Morgan fingerprint density at radius 2 is 1.33 bits per heavy atom. The highest BCUT2D eigenvalue weighted by Gasteiger charge is 2.46. The van der Waals surface area contributed by atoms with Gasteiger partial charge in [-0.25, -0.2) is 8.42 Å². The van der Waals surface area contributed by atoms with Crippen LogP contribution >= 0.6 is 0 Å². The van der Waals surface area contributed by atoms with Crippen molar-refractivity contribution in [3.63, 3.8) is 0 Å². The van der Waals surface area contributed by atoms with Crippen molar-refractivity contribution in [2.24, 2.45) is 11.8 Å². The summed E-state index contributed by atoms with van der Waals surface area (Å²) in [4.78, 5) is 2.88. The number of methoxy groups -OCH3 is 5. The number of hydrogen-bond acceptors (Lipinski definition) is 8. The molecule has 4 unspecified atom stereocenters. The summed E-state index contributed by atoms with van der Waals surface area (Å²) in [6.07, 6.45) is 3.95. The van der Waals surface area contributed by atoms with Gasteiger partial charge in [-0.3, -0.25) is 4.90 Å². The molecule has 3 aromatic rings. The van der Waals surface area contributed by atoms with E-state index in [4.69, 9.17) is 23.7 Å². The molecule has 0 aliphatic carbocycles. The molecule has 0 aromatic heterocycles. The molecule has 1 fully saturated rings. The summed E-state index contributed by atoms with van der Waals surface area (Å²) in [6, 6.07) is 15.0. The zero-order chi connectivity index (χ0) is 32.6. The van der Waals surface area contributed by atoms with Crippen LogP contribution < -0.4 is 23.7 Å². The first-order valence-electron chi connectivity index (χ1n) is 16.1. The second-order valence-electron chi connectivity index (χ2n) is 12.5. The molecule has 0 saturated carbocycles. The Balaban J connectivity index is 1.45. The highest BCUT2D eigenvalue weighted by Crippen LogP contribution is 2.48. The van der Waals surface area contributed by atoms with E-state index in [0.717, 1.165) is 55.0 Å². The van der Waals surface area contributed by atoms with E-state index in [1.807, 2.05) is 12.1 Å². The maximum Gasteiger partial charge on any atom is 0.243 e. The van der Waals surface area contributed by atoms with E-state index in [1.165, 1.54) is 11.1 Å². The van der Waals surface area contributed by atoms with Crippen LogP contribution in [0, 0.1) is 11.8 Å². The lowest BCUT2D eigenvalue weighted by Gasteiger charge is -2.50. The Labute approximate surface area is 273 Å². The molecule has 0 spiro atoms. The van der Waals surface area contributed by atoms with E-state index in [0.29, 0.717) is 42.6 Å². The average molecular weight is 651 g/mol. The van der Waals surface area contributed by atoms with Gasteiger partial charge < -0.3 is 23.7 Å². The highest BCUT2D eigenvalue weighted by atomic mass is 32.2. The number of hydrogen-bond donors (Lipinski definition) is 0. The van der Waals surface area contributed by atoms with Crippen molar-refractivity contribution < 1.29 is 32.1 Å².